The Bertz CT molecular complexity index is 494. The smallest absolute Gasteiger partial charge is 0.248 e. The van der Waals surface area contributed by atoms with Crippen molar-refractivity contribution in [2.75, 3.05) is 6.54 Å². The summed E-state index contributed by atoms with van der Waals surface area (Å²) >= 11 is 0. The molecule has 0 aliphatic carbocycles. The van der Waals surface area contributed by atoms with Crippen LogP contribution in [0.2, 0.25) is 0 Å². The highest BCUT2D eigenvalue weighted by atomic mass is 16.2. The van der Waals surface area contributed by atoms with Crippen molar-refractivity contribution in [1.29, 1.82) is 0 Å². The van der Waals surface area contributed by atoms with Gasteiger partial charge in [0.1, 0.15) is 5.54 Å². The molecule has 1 aliphatic rings. The molecule has 0 unspecified atom stereocenters. The number of hydrogen-bond acceptors (Lipinski definition) is 2. The summed E-state index contributed by atoms with van der Waals surface area (Å²) in [4.78, 5) is 25.4. The third-order valence-corrected chi connectivity index (χ3v) is 3.06. The molecule has 2 rings (SSSR count). The predicted octanol–water partition coefficient (Wildman–Crippen LogP) is 1.23. The standard InChI is InChI=1S/C14H18N2O2/c1-10-5-4-6-11(7-10)8-16-9-12(17)15-14(2,3)13(16)18/h4-7H,8-9H2,1-3H3,(H,15,17). The number of nitrogens with zero attached hydrogens (tertiary/aromatic N) is 1. The van der Waals surface area contributed by atoms with Crippen LogP contribution in [0.15, 0.2) is 24.3 Å². The second-order valence-electron chi connectivity index (χ2n) is 5.32. The van der Waals surface area contributed by atoms with Gasteiger partial charge in [0.05, 0.1) is 6.54 Å². The molecule has 1 aliphatic heterocycles. The molecule has 2 amide bonds. The fourth-order valence-electron chi connectivity index (χ4n) is 2.24. The van der Waals surface area contributed by atoms with Gasteiger partial charge in [-0.05, 0) is 26.3 Å². The molecular formula is C14H18N2O2. The molecule has 0 radical (unpaired) electrons. The van der Waals surface area contributed by atoms with Crippen LogP contribution >= 0.6 is 0 Å². The molecule has 0 aromatic heterocycles. The summed E-state index contributed by atoms with van der Waals surface area (Å²) in [5.41, 5.74) is 1.40. The fourth-order valence-corrected chi connectivity index (χ4v) is 2.24. The molecule has 4 heteroatoms. The van der Waals surface area contributed by atoms with Crippen LogP contribution in [0.4, 0.5) is 0 Å². The summed E-state index contributed by atoms with van der Waals surface area (Å²) in [6.45, 7) is 6.09. The highest BCUT2D eigenvalue weighted by Gasteiger charge is 2.38. The zero-order chi connectivity index (χ0) is 13.3. The van der Waals surface area contributed by atoms with Crippen LogP contribution in [0.25, 0.3) is 0 Å². The van der Waals surface area contributed by atoms with Crippen molar-refractivity contribution in [2.45, 2.75) is 32.9 Å². The van der Waals surface area contributed by atoms with E-state index in [1.54, 1.807) is 18.7 Å². The lowest BCUT2D eigenvalue weighted by Crippen LogP contribution is -2.63. The third kappa shape index (κ3) is 2.53. The number of carbonyl (C=O) groups excluding carboxylic acids is 2. The van der Waals surface area contributed by atoms with Gasteiger partial charge in [0.2, 0.25) is 11.8 Å². The van der Waals surface area contributed by atoms with E-state index in [4.69, 9.17) is 0 Å². The lowest BCUT2D eigenvalue weighted by atomic mass is 10.00. The Morgan fingerprint density at radius 1 is 1.33 bits per heavy atom. The summed E-state index contributed by atoms with van der Waals surface area (Å²) in [6, 6.07) is 7.98. The van der Waals surface area contributed by atoms with Crippen LogP contribution < -0.4 is 5.32 Å². The fraction of sp³-hybridized carbons (Fsp3) is 0.429. The van der Waals surface area contributed by atoms with E-state index in [2.05, 4.69) is 5.32 Å². The second-order valence-corrected chi connectivity index (χ2v) is 5.32. The van der Waals surface area contributed by atoms with Crippen molar-refractivity contribution in [3.63, 3.8) is 0 Å². The van der Waals surface area contributed by atoms with Gasteiger partial charge in [-0.1, -0.05) is 29.8 Å². The molecule has 0 spiro atoms. The predicted molar refractivity (Wildman–Crippen MR) is 68.8 cm³/mol. The average molecular weight is 246 g/mol. The first-order chi connectivity index (χ1) is 8.38. The lowest BCUT2D eigenvalue weighted by molar-refractivity contribution is -0.148. The van der Waals surface area contributed by atoms with E-state index in [0.29, 0.717) is 6.54 Å². The summed E-state index contributed by atoms with van der Waals surface area (Å²) in [5.74, 6) is -0.143. The Morgan fingerprint density at radius 2 is 2.06 bits per heavy atom. The van der Waals surface area contributed by atoms with E-state index in [0.717, 1.165) is 11.1 Å². The molecule has 0 bridgehead atoms. The number of aryl methyl sites for hydroxylation is 1. The van der Waals surface area contributed by atoms with Crippen LogP contribution in [0.3, 0.4) is 0 Å². The minimum absolute atomic E-state index is 0.0383. The van der Waals surface area contributed by atoms with Crippen LogP contribution in [0.5, 0.6) is 0 Å². The number of benzene rings is 1. The monoisotopic (exact) mass is 246 g/mol. The van der Waals surface area contributed by atoms with Gasteiger partial charge >= 0.3 is 0 Å². The maximum absolute atomic E-state index is 12.2. The molecule has 1 fully saturated rings. The molecule has 1 aromatic rings. The first kappa shape index (κ1) is 12.6. The highest BCUT2D eigenvalue weighted by molar-refractivity contribution is 5.97. The van der Waals surface area contributed by atoms with Crippen LogP contribution in [0, 0.1) is 6.92 Å². The second kappa shape index (κ2) is 4.44. The normalized spacial score (nSPS) is 18.7. The van der Waals surface area contributed by atoms with Gasteiger partial charge in [-0.25, -0.2) is 0 Å². The highest BCUT2D eigenvalue weighted by Crippen LogP contribution is 2.16. The number of amides is 2. The van der Waals surface area contributed by atoms with Gasteiger partial charge in [-0.3, -0.25) is 9.59 Å². The van der Waals surface area contributed by atoms with Crippen molar-refractivity contribution >= 4 is 11.8 Å². The van der Waals surface area contributed by atoms with Gasteiger partial charge in [0.15, 0.2) is 0 Å². The molecule has 4 nitrogen and oxygen atoms in total. The topological polar surface area (TPSA) is 49.4 Å². The first-order valence-electron chi connectivity index (χ1n) is 6.04. The molecular weight excluding hydrogens is 228 g/mol. The molecule has 0 saturated carbocycles. The molecule has 0 atom stereocenters. The maximum atomic E-state index is 12.2. The van der Waals surface area contributed by atoms with E-state index in [1.165, 1.54) is 0 Å². The van der Waals surface area contributed by atoms with Crippen molar-refractivity contribution < 1.29 is 9.59 Å². The number of hydrogen-bond donors (Lipinski definition) is 1. The summed E-state index contributed by atoms with van der Waals surface area (Å²) in [5, 5.41) is 2.70. The number of rotatable bonds is 2. The quantitative estimate of drug-likeness (QED) is 0.853. The Kier molecular flexibility index (Phi) is 3.11. The van der Waals surface area contributed by atoms with E-state index in [1.807, 2.05) is 31.2 Å². The van der Waals surface area contributed by atoms with Crippen molar-refractivity contribution in [3.05, 3.63) is 35.4 Å². The zero-order valence-corrected chi connectivity index (χ0v) is 11.0. The van der Waals surface area contributed by atoms with Crippen molar-refractivity contribution in [2.24, 2.45) is 0 Å². The third-order valence-electron chi connectivity index (χ3n) is 3.06. The van der Waals surface area contributed by atoms with Crippen LogP contribution in [-0.2, 0) is 16.1 Å². The SMILES string of the molecule is Cc1cccc(CN2CC(=O)NC(C)(C)C2=O)c1. The van der Waals surface area contributed by atoms with E-state index < -0.39 is 5.54 Å². The van der Waals surface area contributed by atoms with Gasteiger partial charge < -0.3 is 10.2 Å². The van der Waals surface area contributed by atoms with E-state index in [-0.39, 0.29) is 18.4 Å². The minimum Gasteiger partial charge on any atom is -0.341 e. The molecule has 1 N–H and O–H groups in total. The molecule has 96 valence electrons. The Morgan fingerprint density at radius 3 is 2.72 bits per heavy atom. The molecule has 1 aromatic carbocycles. The largest absolute Gasteiger partial charge is 0.341 e. The van der Waals surface area contributed by atoms with E-state index >= 15 is 0 Å². The summed E-state index contributed by atoms with van der Waals surface area (Å²) in [6.07, 6.45) is 0. The van der Waals surface area contributed by atoms with Gasteiger partial charge in [-0.15, -0.1) is 0 Å². The number of carbonyl (C=O) groups is 2. The Balaban J connectivity index is 2.18. The minimum atomic E-state index is -0.806. The number of nitrogens with one attached hydrogen (secondary N) is 1. The molecule has 1 heterocycles. The molecule has 18 heavy (non-hydrogen) atoms. The first-order valence-corrected chi connectivity index (χ1v) is 6.04. The zero-order valence-electron chi connectivity index (χ0n) is 11.0. The van der Waals surface area contributed by atoms with Gasteiger partial charge in [-0.2, -0.15) is 0 Å². The Hall–Kier alpha value is -1.84. The Labute approximate surface area is 107 Å². The van der Waals surface area contributed by atoms with Gasteiger partial charge in [0.25, 0.3) is 0 Å². The summed E-state index contributed by atoms with van der Waals surface area (Å²) in [7, 11) is 0. The van der Waals surface area contributed by atoms with Crippen molar-refractivity contribution in [3.8, 4) is 0 Å². The molecule has 1 saturated heterocycles. The van der Waals surface area contributed by atoms with Crippen molar-refractivity contribution in [1.82, 2.24) is 10.2 Å². The van der Waals surface area contributed by atoms with Crippen LogP contribution in [-0.4, -0.2) is 28.8 Å². The average Bonchev–Trinajstić information content (AvgIpc) is 2.24. The lowest BCUT2D eigenvalue weighted by Gasteiger charge is -2.37. The van der Waals surface area contributed by atoms with E-state index in [9.17, 15) is 9.59 Å². The van der Waals surface area contributed by atoms with Crippen LogP contribution in [0.1, 0.15) is 25.0 Å². The van der Waals surface area contributed by atoms with Gasteiger partial charge in [0, 0.05) is 6.54 Å². The summed E-state index contributed by atoms with van der Waals surface area (Å²) < 4.78 is 0. The number of piperazine rings is 1. The maximum Gasteiger partial charge on any atom is 0.248 e.